The molecule has 0 bridgehead atoms. The summed E-state index contributed by atoms with van der Waals surface area (Å²) in [7, 11) is 0. The Balaban J connectivity index is 2.03. The minimum Gasteiger partial charge on any atom is -0.337 e. The van der Waals surface area contributed by atoms with Crippen molar-refractivity contribution in [3.05, 3.63) is 41.1 Å². The Bertz CT molecular complexity index is 378. The lowest BCUT2D eigenvalue weighted by molar-refractivity contribution is 0.511. The molecule has 86 valence electrons. The summed E-state index contributed by atoms with van der Waals surface area (Å²) in [5.74, 6) is 0.647. The summed E-state index contributed by atoms with van der Waals surface area (Å²) < 4.78 is 2.18. The Kier molecular flexibility index (Phi) is 4.17. The van der Waals surface area contributed by atoms with Crippen LogP contribution in [0.2, 0.25) is 0 Å². The molecule has 0 aliphatic heterocycles. The first-order chi connectivity index (χ1) is 7.90. The van der Waals surface area contributed by atoms with Crippen molar-refractivity contribution in [1.82, 2.24) is 9.55 Å². The van der Waals surface area contributed by atoms with E-state index in [1.54, 1.807) is 0 Å². The third kappa shape index (κ3) is 2.95. The Hall–Kier alpha value is -1.09. The van der Waals surface area contributed by atoms with Gasteiger partial charge in [-0.05, 0) is 17.9 Å². The van der Waals surface area contributed by atoms with E-state index in [2.05, 4.69) is 34.0 Å². The molecule has 0 saturated carbocycles. The maximum absolute atomic E-state index is 4.10. The van der Waals surface area contributed by atoms with Gasteiger partial charge in [-0.3, -0.25) is 0 Å². The largest absolute Gasteiger partial charge is 0.337 e. The fraction of sp³-hybridized carbons (Fsp3) is 0.462. The molecule has 2 nitrogen and oxygen atoms in total. The van der Waals surface area contributed by atoms with Crippen molar-refractivity contribution in [1.29, 1.82) is 0 Å². The maximum atomic E-state index is 4.10. The molecule has 1 unspecified atom stereocenters. The van der Waals surface area contributed by atoms with Gasteiger partial charge in [-0.2, -0.15) is 0 Å². The summed E-state index contributed by atoms with van der Waals surface area (Å²) in [5, 5.41) is 2.17. The van der Waals surface area contributed by atoms with Gasteiger partial charge in [-0.1, -0.05) is 25.8 Å². The molecule has 2 aromatic heterocycles. The number of hydrogen-bond donors (Lipinski definition) is 0. The number of nitrogens with zero attached hydrogens (tertiary/aromatic N) is 2. The van der Waals surface area contributed by atoms with Crippen LogP contribution in [0.15, 0.2) is 36.2 Å². The second kappa shape index (κ2) is 5.85. The van der Waals surface area contributed by atoms with Crippen LogP contribution in [0.4, 0.5) is 0 Å². The van der Waals surface area contributed by atoms with E-state index in [1.165, 1.54) is 24.1 Å². The molecule has 2 heterocycles. The highest BCUT2D eigenvalue weighted by Crippen LogP contribution is 2.27. The molecule has 0 radical (unpaired) electrons. The van der Waals surface area contributed by atoms with Gasteiger partial charge in [0.25, 0.3) is 0 Å². The van der Waals surface area contributed by atoms with Crippen LogP contribution in [0.1, 0.15) is 37.0 Å². The Morgan fingerprint density at radius 1 is 1.50 bits per heavy atom. The minimum atomic E-state index is 0.647. The molecule has 0 saturated heterocycles. The van der Waals surface area contributed by atoms with Gasteiger partial charge in [-0.15, -0.1) is 11.3 Å². The van der Waals surface area contributed by atoms with Gasteiger partial charge in [0.1, 0.15) is 0 Å². The second-order valence-corrected chi connectivity index (χ2v) is 5.09. The monoisotopic (exact) mass is 234 g/mol. The van der Waals surface area contributed by atoms with Gasteiger partial charge in [-0.25, -0.2) is 4.98 Å². The van der Waals surface area contributed by atoms with Crippen molar-refractivity contribution in [3.63, 3.8) is 0 Å². The molecule has 2 rings (SSSR count). The number of rotatable bonds is 6. The van der Waals surface area contributed by atoms with Crippen molar-refractivity contribution >= 4 is 11.3 Å². The number of hydrogen-bond acceptors (Lipinski definition) is 2. The molecule has 0 spiro atoms. The molecule has 0 aliphatic rings. The molecule has 1 atom stereocenters. The highest BCUT2D eigenvalue weighted by Gasteiger charge is 2.12. The van der Waals surface area contributed by atoms with Gasteiger partial charge in [0.05, 0.1) is 6.33 Å². The molecular weight excluding hydrogens is 216 g/mol. The summed E-state index contributed by atoms with van der Waals surface area (Å²) in [6, 6.07) is 4.40. The predicted octanol–water partition coefficient (Wildman–Crippen LogP) is 3.92. The smallest absolute Gasteiger partial charge is 0.0946 e. The van der Waals surface area contributed by atoms with Crippen LogP contribution < -0.4 is 0 Å². The minimum absolute atomic E-state index is 0.647. The Morgan fingerprint density at radius 3 is 3.06 bits per heavy atom. The van der Waals surface area contributed by atoms with E-state index in [0.717, 1.165) is 6.54 Å². The average molecular weight is 234 g/mol. The van der Waals surface area contributed by atoms with Gasteiger partial charge < -0.3 is 4.57 Å². The van der Waals surface area contributed by atoms with Crippen LogP contribution in [0, 0.1) is 0 Å². The first-order valence-corrected chi connectivity index (χ1v) is 6.77. The van der Waals surface area contributed by atoms with E-state index in [4.69, 9.17) is 0 Å². The lowest BCUT2D eigenvalue weighted by atomic mass is 10.0. The first kappa shape index (κ1) is 11.4. The van der Waals surface area contributed by atoms with Crippen molar-refractivity contribution in [2.75, 3.05) is 0 Å². The zero-order valence-corrected chi connectivity index (χ0v) is 10.5. The van der Waals surface area contributed by atoms with Crippen LogP contribution in [0.5, 0.6) is 0 Å². The third-order valence-electron chi connectivity index (χ3n) is 2.84. The van der Waals surface area contributed by atoms with Crippen molar-refractivity contribution in [2.45, 2.75) is 38.6 Å². The van der Waals surface area contributed by atoms with Gasteiger partial charge >= 0.3 is 0 Å². The molecule has 0 aliphatic carbocycles. The quantitative estimate of drug-likeness (QED) is 0.740. The first-order valence-electron chi connectivity index (χ1n) is 5.89. The number of unbranched alkanes of at least 4 members (excludes halogenated alkanes) is 1. The lowest BCUT2D eigenvalue weighted by Gasteiger charge is -2.15. The lowest BCUT2D eigenvalue weighted by Crippen LogP contribution is -2.06. The Labute approximate surface area is 101 Å². The summed E-state index contributed by atoms with van der Waals surface area (Å²) in [5.41, 5.74) is 0. The predicted molar refractivity (Wildman–Crippen MR) is 68.8 cm³/mol. The Morgan fingerprint density at radius 2 is 2.44 bits per heavy atom. The van der Waals surface area contributed by atoms with E-state index < -0.39 is 0 Å². The fourth-order valence-electron chi connectivity index (χ4n) is 1.95. The molecule has 0 fully saturated rings. The third-order valence-corrected chi connectivity index (χ3v) is 3.88. The van der Waals surface area contributed by atoms with E-state index in [1.807, 2.05) is 30.1 Å². The standard InChI is InChI=1S/C13H18N2S/c1-2-3-5-12(13-6-4-9-16-13)10-15-8-7-14-11-15/h4,6-9,11-12H,2-3,5,10H2,1H3. The molecule has 0 amide bonds. The topological polar surface area (TPSA) is 17.8 Å². The molecule has 2 aromatic rings. The van der Waals surface area contributed by atoms with E-state index in [9.17, 15) is 0 Å². The zero-order chi connectivity index (χ0) is 11.2. The highest BCUT2D eigenvalue weighted by atomic mass is 32.1. The van der Waals surface area contributed by atoms with Gasteiger partial charge in [0.15, 0.2) is 0 Å². The number of aromatic nitrogens is 2. The van der Waals surface area contributed by atoms with Crippen LogP contribution in [-0.2, 0) is 6.54 Å². The second-order valence-electron chi connectivity index (χ2n) is 4.11. The summed E-state index contributed by atoms with van der Waals surface area (Å²) >= 11 is 1.87. The van der Waals surface area contributed by atoms with Crippen LogP contribution in [0.25, 0.3) is 0 Å². The summed E-state index contributed by atoms with van der Waals surface area (Å²) in [6.45, 7) is 3.31. The number of imidazole rings is 1. The highest BCUT2D eigenvalue weighted by molar-refractivity contribution is 7.10. The SMILES string of the molecule is CCCCC(Cn1ccnc1)c1cccs1. The van der Waals surface area contributed by atoms with Gasteiger partial charge in [0.2, 0.25) is 0 Å². The van der Waals surface area contributed by atoms with E-state index in [0.29, 0.717) is 5.92 Å². The van der Waals surface area contributed by atoms with Gasteiger partial charge in [0, 0.05) is 29.7 Å². The van der Waals surface area contributed by atoms with E-state index >= 15 is 0 Å². The average Bonchev–Trinajstić information content (AvgIpc) is 2.96. The van der Waals surface area contributed by atoms with Crippen molar-refractivity contribution < 1.29 is 0 Å². The van der Waals surface area contributed by atoms with E-state index in [-0.39, 0.29) is 0 Å². The summed E-state index contributed by atoms with van der Waals surface area (Å²) in [4.78, 5) is 5.61. The summed E-state index contributed by atoms with van der Waals surface area (Å²) in [6.07, 6.45) is 9.66. The molecule has 0 aromatic carbocycles. The van der Waals surface area contributed by atoms with Crippen LogP contribution in [0.3, 0.4) is 0 Å². The zero-order valence-electron chi connectivity index (χ0n) is 9.67. The number of thiophene rings is 1. The normalized spacial score (nSPS) is 12.8. The van der Waals surface area contributed by atoms with Crippen LogP contribution >= 0.6 is 11.3 Å². The molecule has 0 N–H and O–H groups in total. The molecular formula is C13H18N2S. The molecule has 3 heteroatoms. The van der Waals surface area contributed by atoms with Crippen molar-refractivity contribution in [3.8, 4) is 0 Å². The maximum Gasteiger partial charge on any atom is 0.0946 e. The fourth-order valence-corrected chi connectivity index (χ4v) is 2.80. The van der Waals surface area contributed by atoms with Crippen molar-refractivity contribution in [2.24, 2.45) is 0 Å². The molecule has 16 heavy (non-hydrogen) atoms. The van der Waals surface area contributed by atoms with Crippen LogP contribution in [-0.4, -0.2) is 9.55 Å².